The number of ketones is 1. The Balaban J connectivity index is 1.34. The molecule has 0 aromatic heterocycles. The molecule has 2 aliphatic carbocycles. The lowest BCUT2D eigenvalue weighted by Crippen LogP contribution is -2.35. The molecule has 0 amide bonds. The molecular formula is C17H29NO2. The van der Waals surface area contributed by atoms with Gasteiger partial charge in [0, 0.05) is 19.4 Å². The molecule has 0 unspecified atom stereocenters. The maximum atomic E-state index is 11.4. The van der Waals surface area contributed by atoms with Crippen molar-refractivity contribution in [1.82, 2.24) is 4.90 Å². The minimum atomic E-state index is 0.486. The Morgan fingerprint density at radius 1 is 1.05 bits per heavy atom. The molecule has 0 radical (unpaired) electrons. The van der Waals surface area contributed by atoms with Crippen LogP contribution in [-0.4, -0.2) is 43.0 Å². The molecule has 3 rings (SSSR count). The summed E-state index contributed by atoms with van der Waals surface area (Å²) in [4.78, 5) is 13.9. The number of likely N-dealkylation sites (tertiary alicyclic amines) is 1. The molecule has 1 spiro atoms. The normalized spacial score (nSPS) is 28.3. The van der Waals surface area contributed by atoms with Crippen LogP contribution in [0.5, 0.6) is 0 Å². The van der Waals surface area contributed by atoms with Gasteiger partial charge in [0.15, 0.2) is 0 Å². The minimum absolute atomic E-state index is 0.486. The summed E-state index contributed by atoms with van der Waals surface area (Å²) in [5, 5.41) is 0. The molecule has 114 valence electrons. The molecule has 3 aliphatic rings. The topological polar surface area (TPSA) is 29.5 Å². The van der Waals surface area contributed by atoms with Crippen molar-refractivity contribution < 1.29 is 9.53 Å². The van der Waals surface area contributed by atoms with E-state index in [-0.39, 0.29) is 0 Å². The van der Waals surface area contributed by atoms with E-state index in [1.807, 2.05) is 0 Å². The van der Waals surface area contributed by atoms with Crippen molar-refractivity contribution in [3.05, 3.63) is 0 Å². The van der Waals surface area contributed by atoms with Gasteiger partial charge in [0.2, 0.25) is 0 Å². The van der Waals surface area contributed by atoms with Crippen LogP contribution in [0.3, 0.4) is 0 Å². The zero-order valence-electron chi connectivity index (χ0n) is 12.7. The third kappa shape index (κ3) is 3.62. The van der Waals surface area contributed by atoms with Crippen LogP contribution in [0.2, 0.25) is 0 Å². The molecule has 3 nitrogen and oxygen atoms in total. The quantitative estimate of drug-likeness (QED) is 0.791. The lowest BCUT2D eigenvalue weighted by Gasteiger charge is -2.42. The number of rotatable bonds is 4. The number of carbonyl (C=O) groups is 1. The molecule has 0 atom stereocenters. The van der Waals surface area contributed by atoms with E-state index < -0.39 is 0 Å². The number of hydrogen-bond acceptors (Lipinski definition) is 3. The summed E-state index contributed by atoms with van der Waals surface area (Å²) in [5.41, 5.74) is 0.503. The van der Waals surface area contributed by atoms with Gasteiger partial charge < -0.3 is 9.64 Å². The lowest BCUT2D eigenvalue weighted by atomic mass is 9.64. The van der Waals surface area contributed by atoms with Gasteiger partial charge in [0.05, 0.1) is 12.7 Å². The fourth-order valence-corrected chi connectivity index (χ4v) is 4.28. The van der Waals surface area contributed by atoms with Gasteiger partial charge in [-0.1, -0.05) is 0 Å². The molecule has 0 bridgehead atoms. The molecular weight excluding hydrogens is 250 g/mol. The van der Waals surface area contributed by atoms with E-state index in [1.54, 1.807) is 0 Å². The highest BCUT2D eigenvalue weighted by Crippen LogP contribution is 2.47. The SMILES string of the molecule is O=C1CCC2(CC1)CCC(OCCN1CCCC1)CC2. The first-order valence-corrected chi connectivity index (χ1v) is 8.62. The number of Topliss-reactive ketones (excluding diaryl/α,β-unsaturated/α-hetero) is 1. The summed E-state index contributed by atoms with van der Waals surface area (Å²) in [6, 6.07) is 0. The number of hydrogen-bond donors (Lipinski definition) is 0. The predicted octanol–water partition coefficient (Wildman–Crippen LogP) is 3.17. The van der Waals surface area contributed by atoms with E-state index in [1.165, 1.54) is 51.6 Å². The molecule has 0 aromatic rings. The van der Waals surface area contributed by atoms with Crippen LogP contribution < -0.4 is 0 Å². The maximum Gasteiger partial charge on any atom is 0.132 e. The van der Waals surface area contributed by atoms with Crippen molar-refractivity contribution >= 4 is 5.78 Å². The Kier molecular flexibility index (Phi) is 4.77. The molecule has 3 heteroatoms. The first kappa shape index (κ1) is 14.5. The van der Waals surface area contributed by atoms with Crippen molar-refractivity contribution in [2.45, 2.75) is 70.3 Å². The summed E-state index contributed by atoms with van der Waals surface area (Å²) in [6.07, 6.45) is 12.2. The van der Waals surface area contributed by atoms with Gasteiger partial charge in [-0.15, -0.1) is 0 Å². The number of carbonyl (C=O) groups excluding carboxylic acids is 1. The molecule has 2 saturated carbocycles. The molecule has 1 heterocycles. The van der Waals surface area contributed by atoms with Crippen LogP contribution in [-0.2, 0) is 9.53 Å². The van der Waals surface area contributed by atoms with E-state index in [0.717, 1.165) is 38.8 Å². The van der Waals surface area contributed by atoms with E-state index in [9.17, 15) is 4.79 Å². The van der Waals surface area contributed by atoms with Gasteiger partial charge >= 0.3 is 0 Å². The zero-order valence-corrected chi connectivity index (χ0v) is 12.7. The van der Waals surface area contributed by atoms with Gasteiger partial charge in [-0.3, -0.25) is 4.79 Å². The van der Waals surface area contributed by atoms with Crippen molar-refractivity contribution in [2.75, 3.05) is 26.2 Å². The summed E-state index contributed by atoms with van der Waals surface area (Å²) in [6.45, 7) is 4.57. The summed E-state index contributed by atoms with van der Waals surface area (Å²) in [7, 11) is 0. The molecule has 1 aliphatic heterocycles. The Morgan fingerprint density at radius 3 is 2.35 bits per heavy atom. The average molecular weight is 279 g/mol. The molecule has 3 fully saturated rings. The van der Waals surface area contributed by atoms with Crippen molar-refractivity contribution in [2.24, 2.45) is 5.41 Å². The van der Waals surface area contributed by atoms with Crippen LogP contribution in [0.1, 0.15) is 64.2 Å². The van der Waals surface area contributed by atoms with E-state index >= 15 is 0 Å². The summed E-state index contributed by atoms with van der Waals surface area (Å²) < 4.78 is 6.09. The van der Waals surface area contributed by atoms with Crippen LogP contribution in [0, 0.1) is 5.41 Å². The Hall–Kier alpha value is -0.410. The third-order valence-electron chi connectivity index (χ3n) is 5.82. The van der Waals surface area contributed by atoms with Crippen molar-refractivity contribution in [1.29, 1.82) is 0 Å². The third-order valence-corrected chi connectivity index (χ3v) is 5.82. The summed E-state index contributed by atoms with van der Waals surface area (Å²) >= 11 is 0. The van der Waals surface area contributed by atoms with E-state index in [0.29, 0.717) is 17.3 Å². The lowest BCUT2D eigenvalue weighted by molar-refractivity contribution is -0.123. The van der Waals surface area contributed by atoms with Crippen molar-refractivity contribution in [3.8, 4) is 0 Å². The van der Waals surface area contributed by atoms with Gasteiger partial charge in [-0.2, -0.15) is 0 Å². The summed E-state index contributed by atoms with van der Waals surface area (Å²) in [5.74, 6) is 0.486. The van der Waals surface area contributed by atoms with Gasteiger partial charge in [-0.05, 0) is 69.9 Å². The van der Waals surface area contributed by atoms with E-state index in [2.05, 4.69) is 4.90 Å². The smallest absolute Gasteiger partial charge is 0.132 e. The highest BCUT2D eigenvalue weighted by molar-refractivity contribution is 5.79. The monoisotopic (exact) mass is 279 g/mol. The number of nitrogens with zero attached hydrogens (tertiary/aromatic N) is 1. The minimum Gasteiger partial charge on any atom is -0.377 e. The van der Waals surface area contributed by atoms with Crippen molar-refractivity contribution in [3.63, 3.8) is 0 Å². The van der Waals surface area contributed by atoms with Crippen LogP contribution in [0.4, 0.5) is 0 Å². The number of ether oxygens (including phenoxy) is 1. The van der Waals surface area contributed by atoms with Crippen LogP contribution >= 0.6 is 0 Å². The molecule has 1 saturated heterocycles. The highest BCUT2D eigenvalue weighted by atomic mass is 16.5. The van der Waals surface area contributed by atoms with Crippen LogP contribution in [0.25, 0.3) is 0 Å². The second kappa shape index (κ2) is 6.57. The first-order chi connectivity index (χ1) is 9.76. The average Bonchev–Trinajstić information content (AvgIpc) is 2.98. The predicted molar refractivity (Wildman–Crippen MR) is 79.8 cm³/mol. The fourth-order valence-electron chi connectivity index (χ4n) is 4.28. The first-order valence-electron chi connectivity index (χ1n) is 8.62. The highest BCUT2D eigenvalue weighted by Gasteiger charge is 2.38. The standard InChI is InChI=1S/C17H29NO2/c19-15-3-7-17(8-4-15)9-5-16(6-10-17)20-14-13-18-11-1-2-12-18/h16H,1-14H2. The zero-order chi connectivity index (χ0) is 13.8. The second-order valence-corrected chi connectivity index (χ2v) is 7.16. The van der Waals surface area contributed by atoms with E-state index in [4.69, 9.17) is 4.74 Å². The molecule has 20 heavy (non-hydrogen) atoms. The second-order valence-electron chi connectivity index (χ2n) is 7.16. The largest absolute Gasteiger partial charge is 0.377 e. The van der Waals surface area contributed by atoms with Gasteiger partial charge in [-0.25, -0.2) is 0 Å². The Labute approximate surface area is 123 Å². The van der Waals surface area contributed by atoms with Gasteiger partial charge in [0.1, 0.15) is 5.78 Å². The van der Waals surface area contributed by atoms with Gasteiger partial charge in [0.25, 0.3) is 0 Å². The maximum absolute atomic E-state index is 11.4. The Morgan fingerprint density at radius 2 is 1.70 bits per heavy atom. The Bertz CT molecular complexity index is 316. The molecule has 0 N–H and O–H groups in total. The van der Waals surface area contributed by atoms with Crippen LogP contribution in [0.15, 0.2) is 0 Å². The fraction of sp³-hybridized carbons (Fsp3) is 0.941. The molecule has 0 aromatic carbocycles.